The molecule has 0 aliphatic carbocycles. The molecule has 1 fully saturated rings. The van der Waals surface area contributed by atoms with Gasteiger partial charge in [-0.2, -0.15) is 18.3 Å². The Morgan fingerprint density at radius 2 is 1.86 bits per heavy atom. The number of piperazine rings is 1. The van der Waals surface area contributed by atoms with Crippen LogP contribution in [0.3, 0.4) is 0 Å². The van der Waals surface area contributed by atoms with Crippen LogP contribution in [0.5, 0.6) is 0 Å². The highest BCUT2D eigenvalue weighted by molar-refractivity contribution is 6.31. The summed E-state index contributed by atoms with van der Waals surface area (Å²) < 4.78 is 40.3. The van der Waals surface area contributed by atoms with E-state index >= 15 is 0 Å². The predicted octanol–water partition coefficient (Wildman–Crippen LogP) is 4.08. The van der Waals surface area contributed by atoms with E-state index in [9.17, 15) is 18.0 Å². The van der Waals surface area contributed by atoms with Gasteiger partial charge in [-0.25, -0.2) is 0 Å². The van der Waals surface area contributed by atoms with Gasteiger partial charge in [-0.3, -0.25) is 14.4 Å². The maximum atomic E-state index is 12.9. The van der Waals surface area contributed by atoms with E-state index in [0.29, 0.717) is 49.0 Å². The number of halogens is 4. The lowest BCUT2D eigenvalue weighted by atomic mass is 10.1. The van der Waals surface area contributed by atoms with Crippen LogP contribution in [0.25, 0.3) is 0 Å². The van der Waals surface area contributed by atoms with Crippen molar-refractivity contribution < 1.29 is 18.0 Å². The van der Waals surface area contributed by atoms with Gasteiger partial charge in [0.2, 0.25) is 5.91 Å². The molecule has 1 atom stereocenters. The van der Waals surface area contributed by atoms with Gasteiger partial charge < -0.3 is 4.90 Å². The topological polar surface area (TPSA) is 41.4 Å². The Labute approximate surface area is 173 Å². The van der Waals surface area contributed by atoms with Crippen LogP contribution in [0.1, 0.15) is 35.5 Å². The molecule has 1 amide bonds. The quantitative estimate of drug-likeness (QED) is 0.737. The molecule has 1 saturated heterocycles. The minimum absolute atomic E-state index is 0.0361. The van der Waals surface area contributed by atoms with E-state index in [4.69, 9.17) is 11.6 Å². The van der Waals surface area contributed by atoms with Crippen molar-refractivity contribution in [2.24, 2.45) is 0 Å². The van der Waals surface area contributed by atoms with Crippen LogP contribution in [0.4, 0.5) is 13.2 Å². The van der Waals surface area contributed by atoms with Crippen LogP contribution in [0.15, 0.2) is 24.3 Å². The number of aryl methyl sites for hydroxylation is 1. The van der Waals surface area contributed by atoms with E-state index in [1.54, 1.807) is 29.5 Å². The lowest BCUT2D eigenvalue weighted by Gasteiger charge is -2.36. The number of alkyl halides is 3. The molecule has 0 N–H and O–H groups in total. The molecule has 1 aliphatic heterocycles. The summed E-state index contributed by atoms with van der Waals surface area (Å²) in [4.78, 5) is 16.7. The van der Waals surface area contributed by atoms with Crippen molar-refractivity contribution >= 4 is 17.5 Å². The third-order valence-corrected chi connectivity index (χ3v) is 5.85. The van der Waals surface area contributed by atoms with Crippen molar-refractivity contribution in [1.29, 1.82) is 0 Å². The van der Waals surface area contributed by atoms with Crippen molar-refractivity contribution in [3.05, 3.63) is 51.8 Å². The smallest absolute Gasteiger partial charge is 0.338 e. The lowest BCUT2D eigenvalue weighted by Crippen LogP contribution is -2.50. The van der Waals surface area contributed by atoms with E-state index in [0.717, 1.165) is 11.8 Å². The second kappa shape index (κ2) is 8.36. The molecule has 1 aliphatic rings. The number of benzene rings is 1. The monoisotopic (exact) mass is 428 g/mol. The number of carbonyl (C=O) groups is 1. The molecule has 3 rings (SSSR count). The lowest BCUT2D eigenvalue weighted by molar-refractivity contribution is -0.138. The summed E-state index contributed by atoms with van der Waals surface area (Å²) in [5.41, 5.74) is 1.43. The predicted molar refractivity (Wildman–Crippen MR) is 105 cm³/mol. The minimum atomic E-state index is -4.34. The maximum absolute atomic E-state index is 12.9. The molecule has 0 bridgehead atoms. The molecule has 0 spiro atoms. The van der Waals surface area contributed by atoms with Crippen LogP contribution in [0.2, 0.25) is 5.02 Å². The summed E-state index contributed by atoms with van der Waals surface area (Å²) in [5.74, 6) is -0.0361. The van der Waals surface area contributed by atoms with Gasteiger partial charge in [-0.05, 0) is 32.4 Å². The SMILES string of the molecule is Cc1nn(C(C)C(=O)N2CCN(Cc3cccc(C(F)(F)F)c3)CC2)c(C)c1Cl. The molecule has 29 heavy (non-hydrogen) atoms. The van der Waals surface area contributed by atoms with E-state index < -0.39 is 17.8 Å². The first-order valence-electron chi connectivity index (χ1n) is 9.46. The van der Waals surface area contributed by atoms with E-state index in [2.05, 4.69) is 10.00 Å². The Kier molecular flexibility index (Phi) is 6.24. The first-order chi connectivity index (χ1) is 13.6. The van der Waals surface area contributed by atoms with Crippen molar-refractivity contribution in [3.8, 4) is 0 Å². The van der Waals surface area contributed by atoms with Gasteiger partial charge in [0.15, 0.2) is 0 Å². The van der Waals surface area contributed by atoms with Gasteiger partial charge in [0.1, 0.15) is 6.04 Å². The van der Waals surface area contributed by atoms with E-state index in [-0.39, 0.29) is 5.91 Å². The summed E-state index contributed by atoms with van der Waals surface area (Å²) >= 11 is 6.18. The molecular formula is C20H24ClF3N4O. The molecule has 1 unspecified atom stereocenters. The summed E-state index contributed by atoms with van der Waals surface area (Å²) in [6, 6.07) is 4.93. The van der Waals surface area contributed by atoms with Crippen molar-refractivity contribution in [2.45, 2.75) is 39.5 Å². The van der Waals surface area contributed by atoms with Crippen molar-refractivity contribution in [1.82, 2.24) is 19.6 Å². The highest BCUT2D eigenvalue weighted by Gasteiger charge is 2.31. The summed E-state index contributed by atoms with van der Waals surface area (Å²) in [6.07, 6.45) is -4.34. The average Bonchev–Trinajstić information content (AvgIpc) is 2.94. The fourth-order valence-electron chi connectivity index (χ4n) is 3.62. The van der Waals surface area contributed by atoms with Gasteiger partial charge in [0.05, 0.1) is 22.0 Å². The number of rotatable bonds is 4. The van der Waals surface area contributed by atoms with Crippen LogP contribution in [-0.2, 0) is 17.5 Å². The Morgan fingerprint density at radius 1 is 1.21 bits per heavy atom. The van der Waals surface area contributed by atoms with Crippen molar-refractivity contribution in [2.75, 3.05) is 26.2 Å². The number of hydrogen-bond acceptors (Lipinski definition) is 3. The molecule has 5 nitrogen and oxygen atoms in total. The molecule has 1 aromatic carbocycles. The first kappa shape index (κ1) is 21.6. The van der Waals surface area contributed by atoms with Crippen LogP contribution in [0, 0.1) is 13.8 Å². The minimum Gasteiger partial charge on any atom is -0.338 e. The fourth-order valence-corrected chi connectivity index (χ4v) is 3.74. The summed E-state index contributed by atoms with van der Waals surface area (Å²) in [5, 5.41) is 4.92. The maximum Gasteiger partial charge on any atom is 0.416 e. The molecule has 158 valence electrons. The second-order valence-electron chi connectivity index (χ2n) is 7.40. The molecule has 0 saturated carbocycles. The zero-order valence-electron chi connectivity index (χ0n) is 16.6. The number of amides is 1. The Morgan fingerprint density at radius 3 is 2.41 bits per heavy atom. The Balaban J connectivity index is 1.59. The number of hydrogen-bond donors (Lipinski definition) is 0. The zero-order valence-corrected chi connectivity index (χ0v) is 17.4. The van der Waals surface area contributed by atoms with Crippen LogP contribution in [-0.4, -0.2) is 51.7 Å². The Hall–Kier alpha value is -2.06. The van der Waals surface area contributed by atoms with Gasteiger partial charge in [0, 0.05) is 32.7 Å². The summed E-state index contributed by atoms with van der Waals surface area (Å²) in [7, 11) is 0. The third-order valence-electron chi connectivity index (χ3n) is 5.31. The first-order valence-corrected chi connectivity index (χ1v) is 9.84. The largest absolute Gasteiger partial charge is 0.416 e. The third kappa shape index (κ3) is 4.75. The number of nitrogens with zero attached hydrogens (tertiary/aromatic N) is 4. The molecule has 9 heteroatoms. The zero-order chi connectivity index (χ0) is 21.3. The van der Waals surface area contributed by atoms with Gasteiger partial charge in [0.25, 0.3) is 0 Å². The second-order valence-corrected chi connectivity index (χ2v) is 7.78. The molecular weight excluding hydrogens is 405 g/mol. The number of aromatic nitrogens is 2. The highest BCUT2D eigenvalue weighted by Crippen LogP contribution is 2.30. The molecule has 2 heterocycles. The highest BCUT2D eigenvalue weighted by atomic mass is 35.5. The number of carbonyl (C=O) groups excluding carboxylic acids is 1. The summed E-state index contributed by atoms with van der Waals surface area (Å²) in [6.45, 7) is 8.11. The van der Waals surface area contributed by atoms with E-state index in [1.165, 1.54) is 12.1 Å². The normalized spacial score (nSPS) is 16.9. The fraction of sp³-hybridized carbons (Fsp3) is 0.500. The van der Waals surface area contributed by atoms with Gasteiger partial charge in [-0.15, -0.1) is 0 Å². The average molecular weight is 429 g/mol. The van der Waals surface area contributed by atoms with Crippen LogP contribution >= 0.6 is 11.6 Å². The van der Waals surface area contributed by atoms with Crippen LogP contribution < -0.4 is 0 Å². The Bertz CT molecular complexity index is 888. The molecule has 1 aromatic heterocycles. The standard InChI is InChI=1S/C20H24ClF3N4O/c1-13-18(21)14(2)28(25-13)15(3)19(29)27-9-7-26(8-10-27)12-16-5-4-6-17(11-16)20(22,23)24/h4-6,11,15H,7-10,12H2,1-3H3. The van der Waals surface area contributed by atoms with Crippen molar-refractivity contribution in [3.63, 3.8) is 0 Å². The molecule has 2 aromatic rings. The van der Waals surface area contributed by atoms with E-state index in [1.807, 2.05) is 6.92 Å². The molecule has 0 radical (unpaired) electrons. The van der Waals surface area contributed by atoms with Gasteiger partial charge >= 0.3 is 6.18 Å². The van der Waals surface area contributed by atoms with Gasteiger partial charge in [-0.1, -0.05) is 29.8 Å².